The van der Waals surface area contributed by atoms with Crippen LogP contribution in [-0.2, 0) is 24.5 Å². The van der Waals surface area contributed by atoms with Crippen LogP contribution in [-0.4, -0.2) is 50.3 Å². The van der Waals surface area contributed by atoms with Crippen molar-refractivity contribution < 1.29 is 47.6 Å². The zero-order valence-electron chi connectivity index (χ0n) is 27.7. The van der Waals surface area contributed by atoms with Gasteiger partial charge < -0.3 is 28.4 Å². The Morgan fingerprint density at radius 3 is 1.44 bits per heavy atom. The molecule has 0 aliphatic carbocycles. The lowest BCUT2D eigenvalue weighted by Crippen LogP contribution is -2.17. The van der Waals surface area contributed by atoms with Crippen LogP contribution < -0.4 is 18.9 Å². The second kappa shape index (κ2) is 18.7. The summed E-state index contributed by atoms with van der Waals surface area (Å²) < 4.78 is 32.7. The molecular weight excluding hydrogens is 616 g/mol. The number of benzene rings is 3. The Labute approximate surface area is 281 Å². The van der Waals surface area contributed by atoms with Crippen molar-refractivity contribution in [2.24, 2.45) is 0 Å². The summed E-state index contributed by atoms with van der Waals surface area (Å²) in [5.74, 6) is -0.138. The van der Waals surface area contributed by atoms with E-state index in [2.05, 4.69) is 13.2 Å². The molecule has 10 nitrogen and oxygen atoms in total. The standard InChI is InChI=1S/C38H42O10/c1-6-34(39)45-24-10-8-22-43-29-16-12-27(13-17-29)36(41)47-31-20-21-33(32(26-31)38(3,4)5)48-37(42)28-14-18-30(19-15-28)44-23-9-11-25-46-35(40)7-2/h6-7,12-21,26H,1-2,8-11,22-25H2,3-5H3. The van der Waals surface area contributed by atoms with Gasteiger partial charge in [-0.25, -0.2) is 19.2 Å². The van der Waals surface area contributed by atoms with Gasteiger partial charge in [0.2, 0.25) is 0 Å². The summed E-state index contributed by atoms with van der Waals surface area (Å²) in [6.07, 6.45) is 4.94. The lowest BCUT2D eigenvalue weighted by atomic mass is 9.86. The van der Waals surface area contributed by atoms with Crippen LogP contribution in [0.15, 0.2) is 92.0 Å². The quantitative estimate of drug-likeness (QED) is 0.0600. The molecule has 0 aliphatic rings. The molecule has 0 spiro atoms. The van der Waals surface area contributed by atoms with E-state index in [1.807, 2.05) is 20.8 Å². The summed E-state index contributed by atoms with van der Waals surface area (Å²) in [7, 11) is 0. The van der Waals surface area contributed by atoms with Crippen molar-refractivity contribution in [1.82, 2.24) is 0 Å². The van der Waals surface area contributed by atoms with Gasteiger partial charge in [-0.3, -0.25) is 0 Å². The first-order valence-corrected chi connectivity index (χ1v) is 15.6. The number of ether oxygens (including phenoxy) is 6. The summed E-state index contributed by atoms with van der Waals surface area (Å²) in [6.45, 7) is 14.1. The van der Waals surface area contributed by atoms with Crippen LogP contribution in [0.1, 0.15) is 72.7 Å². The van der Waals surface area contributed by atoms with Gasteiger partial charge in [-0.15, -0.1) is 0 Å². The molecule has 0 N–H and O–H groups in total. The molecule has 48 heavy (non-hydrogen) atoms. The summed E-state index contributed by atoms with van der Waals surface area (Å²) in [5.41, 5.74) is 0.929. The number of rotatable bonds is 18. The lowest BCUT2D eigenvalue weighted by Gasteiger charge is -2.23. The van der Waals surface area contributed by atoms with Gasteiger partial charge >= 0.3 is 23.9 Å². The van der Waals surface area contributed by atoms with E-state index in [9.17, 15) is 19.2 Å². The van der Waals surface area contributed by atoms with Crippen molar-refractivity contribution >= 4 is 23.9 Å². The third-order valence-electron chi connectivity index (χ3n) is 6.79. The van der Waals surface area contributed by atoms with E-state index in [-0.39, 0.29) is 0 Å². The van der Waals surface area contributed by atoms with Crippen molar-refractivity contribution in [2.75, 3.05) is 26.4 Å². The van der Waals surface area contributed by atoms with E-state index in [4.69, 9.17) is 28.4 Å². The van der Waals surface area contributed by atoms with Crippen molar-refractivity contribution in [1.29, 1.82) is 0 Å². The molecule has 0 unspecified atom stereocenters. The number of carbonyl (C=O) groups excluding carboxylic acids is 4. The van der Waals surface area contributed by atoms with Crippen LogP contribution in [0.25, 0.3) is 0 Å². The van der Waals surface area contributed by atoms with E-state index < -0.39 is 29.3 Å². The minimum atomic E-state index is -0.548. The molecule has 0 aliphatic heterocycles. The highest BCUT2D eigenvalue weighted by Crippen LogP contribution is 2.35. The van der Waals surface area contributed by atoms with Crippen LogP contribution >= 0.6 is 0 Å². The molecule has 0 aromatic heterocycles. The third kappa shape index (κ3) is 12.4. The Morgan fingerprint density at radius 1 is 0.583 bits per heavy atom. The lowest BCUT2D eigenvalue weighted by molar-refractivity contribution is -0.138. The first-order valence-electron chi connectivity index (χ1n) is 15.6. The Bertz CT molecular complexity index is 1550. The van der Waals surface area contributed by atoms with Gasteiger partial charge in [-0.2, -0.15) is 0 Å². The average molecular weight is 659 g/mol. The predicted octanol–water partition coefficient (Wildman–Crippen LogP) is 7.20. The third-order valence-corrected chi connectivity index (χ3v) is 6.79. The Hall–Kier alpha value is -5.38. The SMILES string of the molecule is C=CC(=O)OCCCCOc1ccc(C(=O)Oc2ccc(OC(=O)c3ccc(OCCCCOC(=O)C=C)cc3)c(C(C)(C)C)c2)cc1. The molecule has 0 heterocycles. The van der Waals surface area contributed by atoms with Crippen molar-refractivity contribution in [3.05, 3.63) is 109 Å². The molecule has 3 aromatic rings. The Morgan fingerprint density at radius 2 is 1.00 bits per heavy atom. The Balaban J connectivity index is 1.53. The molecule has 0 bridgehead atoms. The molecule has 0 radical (unpaired) electrons. The fourth-order valence-electron chi connectivity index (χ4n) is 4.20. The summed E-state index contributed by atoms with van der Waals surface area (Å²) in [4.78, 5) is 48.0. The molecule has 0 saturated heterocycles. The molecular formula is C38H42O10. The van der Waals surface area contributed by atoms with Gasteiger partial charge in [0.1, 0.15) is 23.0 Å². The van der Waals surface area contributed by atoms with Gasteiger partial charge in [-0.1, -0.05) is 33.9 Å². The second-order valence-corrected chi connectivity index (χ2v) is 11.6. The van der Waals surface area contributed by atoms with Crippen LogP contribution in [0.4, 0.5) is 0 Å². The van der Waals surface area contributed by atoms with E-state index in [1.165, 1.54) is 0 Å². The highest BCUT2D eigenvalue weighted by Gasteiger charge is 2.23. The number of carbonyl (C=O) groups is 4. The summed E-state index contributed by atoms with van der Waals surface area (Å²) >= 11 is 0. The summed E-state index contributed by atoms with van der Waals surface area (Å²) in [6, 6.07) is 18.1. The molecule has 3 rings (SSSR count). The first kappa shape index (κ1) is 37.1. The largest absolute Gasteiger partial charge is 0.494 e. The minimum Gasteiger partial charge on any atom is -0.494 e. The van der Waals surface area contributed by atoms with E-state index in [1.54, 1.807) is 66.7 Å². The van der Waals surface area contributed by atoms with Gasteiger partial charge in [0.15, 0.2) is 0 Å². The molecule has 10 heteroatoms. The highest BCUT2D eigenvalue weighted by molar-refractivity contribution is 5.92. The van der Waals surface area contributed by atoms with Crippen LogP contribution in [0, 0.1) is 0 Å². The van der Waals surface area contributed by atoms with Crippen LogP contribution in [0.3, 0.4) is 0 Å². The van der Waals surface area contributed by atoms with Crippen molar-refractivity contribution in [3.8, 4) is 23.0 Å². The van der Waals surface area contributed by atoms with E-state index in [0.29, 0.717) is 91.8 Å². The fourth-order valence-corrected chi connectivity index (χ4v) is 4.20. The molecule has 254 valence electrons. The van der Waals surface area contributed by atoms with Gasteiger partial charge in [0, 0.05) is 17.7 Å². The summed E-state index contributed by atoms with van der Waals surface area (Å²) in [5, 5.41) is 0. The number of hydrogen-bond donors (Lipinski definition) is 0. The maximum Gasteiger partial charge on any atom is 0.343 e. The van der Waals surface area contributed by atoms with Crippen molar-refractivity contribution in [3.63, 3.8) is 0 Å². The van der Waals surface area contributed by atoms with Crippen LogP contribution in [0.2, 0.25) is 0 Å². The maximum atomic E-state index is 13.0. The number of hydrogen-bond acceptors (Lipinski definition) is 10. The average Bonchev–Trinajstić information content (AvgIpc) is 3.08. The second-order valence-electron chi connectivity index (χ2n) is 11.6. The monoisotopic (exact) mass is 658 g/mol. The van der Waals surface area contributed by atoms with Gasteiger partial charge in [0.25, 0.3) is 0 Å². The van der Waals surface area contributed by atoms with Crippen molar-refractivity contribution in [2.45, 2.75) is 51.9 Å². The maximum absolute atomic E-state index is 13.0. The van der Waals surface area contributed by atoms with Crippen LogP contribution in [0.5, 0.6) is 23.0 Å². The minimum absolute atomic E-state index is 0.296. The zero-order valence-corrected chi connectivity index (χ0v) is 27.7. The molecule has 0 fully saturated rings. The highest BCUT2D eigenvalue weighted by atomic mass is 16.5. The predicted molar refractivity (Wildman–Crippen MR) is 180 cm³/mol. The normalized spacial score (nSPS) is 10.7. The number of unbranched alkanes of at least 4 members (excludes halogenated alkanes) is 2. The number of esters is 4. The van der Waals surface area contributed by atoms with E-state index >= 15 is 0 Å². The first-order chi connectivity index (χ1) is 23.0. The van der Waals surface area contributed by atoms with Gasteiger partial charge in [-0.05, 0) is 97.8 Å². The molecule has 0 amide bonds. The zero-order chi connectivity index (χ0) is 34.9. The Kier molecular flexibility index (Phi) is 14.4. The van der Waals surface area contributed by atoms with E-state index in [0.717, 1.165) is 12.2 Å². The fraction of sp³-hybridized carbons (Fsp3) is 0.316. The smallest absolute Gasteiger partial charge is 0.343 e. The molecule has 0 saturated carbocycles. The molecule has 0 atom stereocenters. The topological polar surface area (TPSA) is 124 Å². The van der Waals surface area contributed by atoms with Gasteiger partial charge in [0.05, 0.1) is 37.6 Å². The molecule has 3 aromatic carbocycles.